The van der Waals surface area contributed by atoms with Crippen molar-refractivity contribution in [2.75, 3.05) is 7.11 Å². The van der Waals surface area contributed by atoms with Crippen molar-refractivity contribution in [1.82, 2.24) is 19.9 Å². The van der Waals surface area contributed by atoms with Crippen LogP contribution in [-0.2, 0) is 7.05 Å². The van der Waals surface area contributed by atoms with Crippen LogP contribution in [0.2, 0.25) is 0 Å². The van der Waals surface area contributed by atoms with Gasteiger partial charge in [-0.25, -0.2) is 9.97 Å². The van der Waals surface area contributed by atoms with Crippen LogP contribution in [0.25, 0.3) is 10.2 Å². The van der Waals surface area contributed by atoms with Gasteiger partial charge in [0.2, 0.25) is 0 Å². The SMILES string of the molecule is COc1cccc(C(NC(=O)c2ccc3ncsc3c2)c2nccn2C)c1. The van der Waals surface area contributed by atoms with Gasteiger partial charge in [0.05, 0.1) is 22.8 Å². The maximum Gasteiger partial charge on any atom is 0.252 e. The van der Waals surface area contributed by atoms with E-state index in [0.717, 1.165) is 27.4 Å². The maximum atomic E-state index is 13.0. The molecular formula is C20H18N4O2S. The third-order valence-electron chi connectivity index (χ3n) is 4.41. The van der Waals surface area contributed by atoms with E-state index >= 15 is 0 Å². The Balaban J connectivity index is 1.70. The first kappa shape index (κ1) is 17.2. The normalized spacial score (nSPS) is 12.1. The van der Waals surface area contributed by atoms with Crippen molar-refractivity contribution < 1.29 is 9.53 Å². The lowest BCUT2D eigenvalue weighted by Crippen LogP contribution is -2.31. The number of thiazole rings is 1. The molecule has 0 aliphatic rings. The summed E-state index contributed by atoms with van der Waals surface area (Å²) in [5, 5.41) is 3.11. The molecule has 0 bridgehead atoms. The minimum absolute atomic E-state index is 0.166. The van der Waals surface area contributed by atoms with Crippen LogP contribution in [0, 0.1) is 0 Å². The fourth-order valence-electron chi connectivity index (χ4n) is 2.98. The standard InChI is InChI=1S/C20H18N4O2S/c1-24-9-8-21-19(24)18(13-4-3-5-15(10-13)26-2)23-20(25)14-6-7-16-17(11-14)27-12-22-16/h3-12,18H,1-2H3,(H,23,25). The van der Waals surface area contributed by atoms with E-state index in [1.54, 1.807) is 24.9 Å². The molecule has 2 aromatic carbocycles. The molecule has 0 fully saturated rings. The molecule has 136 valence electrons. The van der Waals surface area contributed by atoms with Crippen molar-refractivity contribution in [2.24, 2.45) is 7.05 Å². The minimum Gasteiger partial charge on any atom is -0.497 e. The van der Waals surface area contributed by atoms with Crippen molar-refractivity contribution >= 4 is 27.5 Å². The Morgan fingerprint density at radius 3 is 2.89 bits per heavy atom. The molecule has 0 saturated heterocycles. The number of ether oxygens (including phenoxy) is 1. The smallest absolute Gasteiger partial charge is 0.252 e. The van der Waals surface area contributed by atoms with Crippen molar-refractivity contribution in [3.05, 3.63) is 77.3 Å². The van der Waals surface area contributed by atoms with E-state index in [0.29, 0.717) is 5.56 Å². The van der Waals surface area contributed by atoms with Gasteiger partial charge in [0, 0.05) is 25.0 Å². The molecule has 1 unspecified atom stereocenters. The quantitative estimate of drug-likeness (QED) is 0.577. The van der Waals surface area contributed by atoms with Gasteiger partial charge in [0.1, 0.15) is 17.6 Å². The Labute approximate surface area is 160 Å². The fourth-order valence-corrected chi connectivity index (χ4v) is 3.70. The van der Waals surface area contributed by atoms with Crippen molar-refractivity contribution in [1.29, 1.82) is 0 Å². The number of hydrogen-bond acceptors (Lipinski definition) is 5. The first-order chi connectivity index (χ1) is 13.2. The predicted octanol–water partition coefficient (Wildman–Crippen LogP) is 3.56. The summed E-state index contributed by atoms with van der Waals surface area (Å²) < 4.78 is 8.22. The number of aryl methyl sites for hydroxylation is 1. The maximum absolute atomic E-state index is 13.0. The van der Waals surface area contributed by atoms with Crippen molar-refractivity contribution in [3.8, 4) is 5.75 Å². The first-order valence-electron chi connectivity index (χ1n) is 8.41. The topological polar surface area (TPSA) is 69.0 Å². The van der Waals surface area contributed by atoms with E-state index < -0.39 is 6.04 Å². The van der Waals surface area contributed by atoms with Gasteiger partial charge in [0.15, 0.2) is 0 Å². The second-order valence-electron chi connectivity index (χ2n) is 6.11. The summed E-state index contributed by atoms with van der Waals surface area (Å²) in [5.41, 5.74) is 4.16. The largest absolute Gasteiger partial charge is 0.497 e. The van der Waals surface area contributed by atoms with Gasteiger partial charge in [-0.2, -0.15) is 0 Å². The third kappa shape index (κ3) is 3.41. The number of amides is 1. The monoisotopic (exact) mass is 378 g/mol. The van der Waals surface area contributed by atoms with Crippen LogP contribution in [0.1, 0.15) is 27.8 Å². The Morgan fingerprint density at radius 1 is 1.22 bits per heavy atom. The summed E-state index contributed by atoms with van der Waals surface area (Å²) in [6.45, 7) is 0. The number of hydrogen-bond donors (Lipinski definition) is 1. The summed E-state index contributed by atoms with van der Waals surface area (Å²) >= 11 is 1.52. The number of imidazole rings is 1. The highest BCUT2D eigenvalue weighted by atomic mass is 32.1. The molecule has 0 spiro atoms. The van der Waals surface area contributed by atoms with Gasteiger partial charge in [-0.3, -0.25) is 4.79 Å². The van der Waals surface area contributed by atoms with E-state index in [-0.39, 0.29) is 5.91 Å². The van der Waals surface area contributed by atoms with Gasteiger partial charge >= 0.3 is 0 Å². The van der Waals surface area contributed by atoms with E-state index in [1.165, 1.54) is 11.3 Å². The van der Waals surface area contributed by atoms with Crippen LogP contribution in [-0.4, -0.2) is 27.6 Å². The number of methoxy groups -OCH3 is 1. The molecule has 4 rings (SSSR count). The van der Waals surface area contributed by atoms with Gasteiger partial charge in [0.25, 0.3) is 5.91 Å². The highest BCUT2D eigenvalue weighted by molar-refractivity contribution is 7.16. The molecular weight excluding hydrogens is 360 g/mol. The Kier molecular flexibility index (Phi) is 4.60. The molecule has 27 heavy (non-hydrogen) atoms. The molecule has 7 heteroatoms. The number of fused-ring (bicyclic) bond motifs is 1. The second kappa shape index (κ2) is 7.20. The van der Waals surface area contributed by atoms with Crippen LogP contribution in [0.4, 0.5) is 0 Å². The number of benzene rings is 2. The Morgan fingerprint density at radius 2 is 2.11 bits per heavy atom. The summed E-state index contributed by atoms with van der Waals surface area (Å²) in [4.78, 5) is 21.7. The number of carbonyl (C=O) groups is 1. The van der Waals surface area contributed by atoms with Gasteiger partial charge in [-0.1, -0.05) is 12.1 Å². The Hall–Kier alpha value is -3.19. The average Bonchev–Trinajstić information content (AvgIpc) is 3.34. The molecule has 2 aromatic heterocycles. The van der Waals surface area contributed by atoms with E-state index in [4.69, 9.17) is 4.74 Å². The van der Waals surface area contributed by atoms with E-state index in [1.807, 2.05) is 54.2 Å². The number of carbonyl (C=O) groups excluding carboxylic acids is 1. The van der Waals surface area contributed by atoms with Crippen molar-refractivity contribution in [2.45, 2.75) is 6.04 Å². The minimum atomic E-state index is -0.398. The number of nitrogens with one attached hydrogen (secondary N) is 1. The molecule has 0 radical (unpaired) electrons. The molecule has 1 amide bonds. The number of nitrogens with zero attached hydrogens (tertiary/aromatic N) is 3. The predicted molar refractivity (Wildman–Crippen MR) is 105 cm³/mol. The van der Waals surface area contributed by atoms with Gasteiger partial charge < -0.3 is 14.6 Å². The van der Waals surface area contributed by atoms with Crippen LogP contribution < -0.4 is 10.1 Å². The van der Waals surface area contributed by atoms with Crippen LogP contribution in [0.5, 0.6) is 5.75 Å². The zero-order chi connectivity index (χ0) is 18.8. The molecule has 0 aliphatic heterocycles. The number of aromatic nitrogens is 3. The lowest BCUT2D eigenvalue weighted by atomic mass is 10.0. The van der Waals surface area contributed by atoms with Crippen LogP contribution in [0.3, 0.4) is 0 Å². The first-order valence-corrected chi connectivity index (χ1v) is 9.29. The third-order valence-corrected chi connectivity index (χ3v) is 5.20. The summed E-state index contributed by atoms with van der Waals surface area (Å²) in [5.74, 6) is 1.31. The average molecular weight is 378 g/mol. The zero-order valence-corrected chi connectivity index (χ0v) is 15.7. The van der Waals surface area contributed by atoms with E-state index in [2.05, 4.69) is 15.3 Å². The summed E-state index contributed by atoms with van der Waals surface area (Å²) in [6.07, 6.45) is 3.58. The fraction of sp³-hybridized carbons (Fsp3) is 0.150. The van der Waals surface area contributed by atoms with Crippen molar-refractivity contribution in [3.63, 3.8) is 0 Å². The lowest BCUT2D eigenvalue weighted by Gasteiger charge is -2.20. The highest BCUT2D eigenvalue weighted by Crippen LogP contribution is 2.25. The molecule has 1 N–H and O–H groups in total. The molecule has 2 heterocycles. The van der Waals surface area contributed by atoms with Gasteiger partial charge in [-0.05, 0) is 35.9 Å². The summed E-state index contributed by atoms with van der Waals surface area (Å²) in [7, 11) is 3.53. The van der Waals surface area contributed by atoms with Gasteiger partial charge in [-0.15, -0.1) is 11.3 Å². The van der Waals surface area contributed by atoms with Crippen LogP contribution >= 0.6 is 11.3 Å². The molecule has 0 saturated carbocycles. The lowest BCUT2D eigenvalue weighted by molar-refractivity contribution is 0.0941. The summed E-state index contributed by atoms with van der Waals surface area (Å²) in [6, 6.07) is 12.8. The second-order valence-corrected chi connectivity index (χ2v) is 7.00. The number of rotatable bonds is 5. The molecule has 0 aliphatic carbocycles. The molecule has 6 nitrogen and oxygen atoms in total. The van der Waals surface area contributed by atoms with E-state index in [9.17, 15) is 4.79 Å². The highest BCUT2D eigenvalue weighted by Gasteiger charge is 2.22. The zero-order valence-electron chi connectivity index (χ0n) is 14.9. The molecule has 4 aromatic rings. The molecule has 1 atom stereocenters. The Bertz CT molecular complexity index is 1100. The van der Waals surface area contributed by atoms with Crippen LogP contribution in [0.15, 0.2) is 60.4 Å².